The zero-order valence-electron chi connectivity index (χ0n) is 15.6. The number of methoxy groups -OCH3 is 1. The standard InChI is InChI=1S/C19H30N4O2/c1-13(2)16-9-23(19(24)14-6-4-5-7-14)10-17(16)22-18-8-15(11-25-3)20-12-21-18/h8,12-14,16-17H,4-7,9-11H2,1-3H3,(H,20,21,22). The molecule has 1 saturated heterocycles. The van der Waals surface area contributed by atoms with E-state index in [1.807, 2.05) is 6.07 Å². The Hall–Kier alpha value is -1.69. The summed E-state index contributed by atoms with van der Waals surface area (Å²) in [4.78, 5) is 23.4. The molecule has 2 fully saturated rings. The van der Waals surface area contributed by atoms with E-state index in [0.29, 0.717) is 24.3 Å². The first-order valence-corrected chi connectivity index (χ1v) is 9.43. The predicted octanol–water partition coefficient (Wildman–Crippen LogP) is 2.71. The lowest BCUT2D eigenvalue weighted by atomic mass is 9.91. The molecule has 1 saturated carbocycles. The molecule has 3 rings (SSSR count). The molecule has 25 heavy (non-hydrogen) atoms. The molecule has 6 nitrogen and oxygen atoms in total. The molecular formula is C19H30N4O2. The monoisotopic (exact) mass is 346 g/mol. The predicted molar refractivity (Wildman–Crippen MR) is 97.0 cm³/mol. The largest absolute Gasteiger partial charge is 0.378 e. The zero-order valence-corrected chi connectivity index (χ0v) is 15.6. The first-order chi connectivity index (χ1) is 12.1. The number of nitrogens with one attached hydrogen (secondary N) is 1. The average Bonchev–Trinajstić information content (AvgIpc) is 3.25. The van der Waals surface area contributed by atoms with Crippen molar-refractivity contribution in [3.8, 4) is 0 Å². The minimum Gasteiger partial charge on any atom is -0.378 e. The van der Waals surface area contributed by atoms with E-state index in [1.54, 1.807) is 13.4 Å². The number of rotatable bonds is 6. The second-order valence-electron chi connectivity index (χ2n) is 7.71. The fourth-order valence-electron chi connectivity index (χ4n) is 4.16. The number of anilines is 1. The van der Waals surface area contributed by atoms with Gasteiger partial charge in [0.25, 0.3) is 0 Å². The van der Waals surface area contributed by atoms with Gasteiger partial charge in [0.15, 0.2) is 0 Å². The van der Waals surface area contributed by atoms with Crippen LogP contribution in [0.5, 0.6) is 0 Å². The SMILES string of the molecule is COCc1cc(NC2CN(C(=O)C3CCCC3)CC2C(C)C)ncn1. The quantitative estimate of drug-likeness (QED) is 0.858. The van der Waals surface area contributed by atoms with E-state index in [1.165, 1.54) is 12.8 Å². The van der Waals surface area contributed by atoms with Gasteiger partial charge in [-0.2, -0.15) is 0 Å². The summed E-state index contributed by atoms with van der Waals surface area (Å²) < 4.78 is 5.15. The Morgan fingerprint density at radius 3 is 2.76 bits per heavy atom. The van der Waals surface area contributed by atoms with Crippen LogP contribution in [-0.2, 0) is 16.1 Å². The van der Waals surface area contributed by atoms with Gasteiger partial charge in [0, 0.05) is 44.1 Å². The zero-order chi connectivity index (χ0) is 17.8. The Labute approximate surface area is 150 Å². The highest BCUT2D eigenvalue weighted by Gasteiger charge is 2.39. The molecule has 2 atom stereocenters. The van der Waals surface area contributed by atoms with Gasteiger partial charge in [-0.05, 0) is 18.8 Å². The molecule has 0 bridgehead atoms. The first kappa shape index (κ1) is 18.1. The Bertz CT molecular complexity index is 587. The lowest BCUT2D eigenvalue weighted by molar-refractivity contribution is -0.134. The third-order valence-corrected chi connectivity index (χ3v) is 5.59. The van der Waals surface area contributed by atoms with Crippen LogP contribution in [0.4, 0.5) is 5.82 Å². The van der Waals surface area contributed by atoms with Crippen LogP contribution in [0, 0.1) is 17.8 Å². The topological polar surface area (TPSA) is 67.3 Å². The lowest BCUT2D eigenvalue weighted by Crippen LogP contribution is -2.35. The van der Waals surface area contributed by atoms with Gasteiger partial charge in [0.2, 0.25) is 5.91 Å². The van der Waals surface area contributed by atoms with E-state index in [4.69, 9.17) is 4.74 Å². The van der Waals surface area contributed by atoms with E-state index in [9.17, 15) is 4.79 Å². The molecule has 1 aliphatic carbocycles. The van der Waals surface area contributed by atoms with Gasteiger partial charge >= 0.3 is 0 Å². The van der Waals surface area contributed by atoms with Gasteiger partial charge < -0.3 is 15.0 Å². The Morgan fingerprint density at radius 2 is 2.08 bits per heavy atom. The van der Waals surface area contributed by atoms with Crippen LogP contribution in [0.15, 0.2) is 12.4 Å². The second kappa shape index (κ2) is 8.13. The molecule has 1 aromatic heterocycles. The molecule has 0 radical (unpaired) electrons. The molecule has 1 aromatic rings. The van der Waals surface area contributed by atoms with Crippen molar-refractivity contribution in [2.75, 3.05) is 25.5 Å². The number of likely N-dealkylation sites (tertiary alicyclic amines) is 1. The third-order valence-electron chi connectivity index (χ3n) is 5.59. The average molecular weight is 346 g/mol. The summed E-state index contributed by atoms with van der Waals surface area (Å²) in [5, 5.41) is 3.55. The Balaban J connectivity index is 1.68. The van der Waals surface area contributed by atoms with Crippen LogP contribution in [0.3, 0.4) is 0 Å². The molecule has 2 aliphatic rings. The maximum Gasteiger partial charge on any atom is 0.225 e. The van der Waals surface area contributed by atoms with Gasteiger partial charge in [-0.25, -0.2) is 9.97 Å². The molecule has 2 unspecified atom stereocenters. The van der Waals surface area contributed by atoms with E-state index >= 15 is 0 Å². The molecule has 1 aliphatic heterocycles. The third kappa shape index (κ3) is 4.29. The van der Waals surface area contributed by atoms with Crippen molar-refractivity contribution in [1.82, 2.24) is 14.9 Å². The van der Waals surface area contributed by atoms with Crippen molar-refractivity contribution in [3.63, 3.8) is 0 Å². The van der Waals surface area contributed by atoms with Gasteiger partial charge in [-0.15, -0.1) is 0 Å². The summed E-state index contributed by atoms with van der Waals surface area (Å²) in [6.07, 6.45) is 6.08. The van der Waals surface area contributed by atoms with Crippen LogP contribution < -0.4 is 5.32 Å². The van der Waals surface area contributed by atoms with Crippen LogP contribution >= 0.6 is 0 Å². The van der Waals surface area contributed by atoms with Crippen molar-refractivity contribution in [1.29, 1.82) is 0 Å². The van der Waals surface area contributed by atoms with Crippen molar-refractivity contribution in [2.45, 2.75) is 52.2 Å². The van der Waals surface area contributed by atoms with Crippen LogP contribution in [0.25, 0.3) is 0 Å². The molecule has 1 N–H and O–H groups in total. The maximum absolute atomic E-state index is 12.8. The highest BCUT2D eigenvalue weighted by Crippen LogP contribution is 2.32. The molecule has 0 aromatic carbocycles. The summed E-state index contributed by atoms with van der Waals surface area (Å²) in [6, 6.07) is 2.16. The van der Waals surface area contributed by atoms with Gasteiger partial charge in [0.1, 0.15) is 12.1 Å². The van der Waals surface area contributed by atoms with Crippen LogP contribution in [-0.4, -0.2) is 47.0 Å². The second-order valence-corrected chi connectivity index (χ2v) is 7.71. The van der Waals surface area contributed by atoms with Gasteiger partial charge in [-0.1, -0.05) is 26.7 Å². The van der Waals surface area contributed by atoms with Gasteiger partial charge in [0.05, 0.1) is 12.3 Å². The molecular weight excluding hydrogens is 316 g/mol. The van der Waals surface area contributed by atoms with E-state index in [2.05, 4.69) is 34.0 Å². The van der Waals surface area contributed by atoms with Crippen molar-refractivity contribution in [2.24, 2.45) is 17.8 Å². The number of hydrogen-bond acceptors (Lipinski definition) is 5. The lowest BCUT2D eigenvalue weighted by Gasteiger charge is -2.23. The van der Waals surface area contributed by atoms with Crippen molar-refractivity contribution >= 4 is 11.7 Å². The van der Waals surface area contributed by atoms with E-state index in [0.717, 1.165) is 37.4 Å². The smallest absolute Gasteiger partial charge is 0.225 e. The fraction of sp³-hybridized carbons (Fsp3) is 0.737. The van der Waals surface area contributed by atoms with Gasteiger partial charge in [-0.3, -0.25) is 4.79 Å². The number of nitrogens with zero attached hydrogens (tertiary/aromatic N) is 3. The minimum absolute atomic E-state index is 0.232. The van der Waals surface area contributed by atoms with Crippen LogP contribution in [0.2, 0.25) is 0 Å². The van der Waals surface area contributed by atoms with Crippen molar-refractivity contribution in [3.05, 3.63) is 18.1 Å². The summed E-state index contributed by atoms with van der Waals surface area (Å²) in [6.45, 7) is 6.56. The highest BCUT2D eigenvalue weighted by atomic mass is 16.5. The maximum atomic E-state index is 12.8. The molecule has 0 spiro atoms. The normalized spacial score (nSPS) is 24.2. The summed E-state index contributed by atoms with van der Waals surface area (Å²) in [7, 11) is 1.66. The van der Waals surface area contributed by atoms with Crippen LogP contribution in [0.1, 0.15) is 45.2 Å². The summed E-state index contributed by atoms with van der Waals surface area (Å²) in [5.74, 6) is 2.37. The Morgan fingerprint density at radius 1 is 1.32 bits per heavy atom. The minimum atomic E-state index is 0.232. The number of hydrogen-bond donors (Lipinski definition) is 1. The Kier molecular flexibility index (Phi) is 5.89. The number of aromatic nitrogens is 2. The highest BCUT2D eigenvalue weighted by molar-refractivity contribution is 5.79. The fourth-order valence-corrected chi connectivity index (χ4v) is 4.16. The van der Waals surface area contributed by atoms with E-state index < -0.39 is 0 Å². The van der Waals surface area contributed by atoms with E-state index in [-0.39, 0.29) is 12.0 Å². The number of amides is 1. The number of ether oxygens (including phenoxy) is 1. The molecule has 138 valence electrons. The molecule has 6 heteroatoms. The number of carbonyl (C=O) groups excluding carboxylic acids is 1. The summed E-state index contributed by atoms with van der Waals surface area (Å²) in [5.41, 5.74) is 0.859. The number of carbonyl (C=O) groups is 1. The molecule has 1 amide bonds. The van der Waals surface area contributed by atoms with Crippen molar-refractivity contribution < 1.29 is 9.53 Å². The summed E-state index contributed by atoms with van der Waals surface area (Å²) >= 11 is 0. The molecule has 2 heterocycles. The first-order valence-electron chi connectivity index (χ1n) is 9.43.